The van der Waals surface area contributed by atoms with Crippen LogP contribution in [0.5, 0.6) is 0 Å². The molecule has 8 aliphatic carbocycles. The van der Waals surface area contributed by atoms with E-state index in [2.05, 4.69) is 168 Å². The molecule has 17 heteroatoms. The zero-order valence-corrected chi connectivity index (χ0v) is 63.6. The average molecular weight is 1360 g/mol. The van der Waals surface area contributed by atoms with Gasteiger partial charge in [-0.3, -0.25) is 85.1 Å². The first-order chi connectivity index (χ1) is 47.0. The Balaban J connectivity index is 0.000000157. The Morgan fingerprint density at radius 1 is 0.204 bits per heavy atom. The molecular formula is C81H146N16O. The first-order valence-corrected chi connectivity index (χ1v) is 42.8. The molecule has 556 valence electrons. The van der Waals surface area contributed by atoms with Crippen LogP contribution in [0.4, 0.5) is 0 Å². The van der Waals surface area contributed by atoms with Gasteiger partial charge in [-0.1, -0.05) is 167 Å². The molecule has 8 saturated carbocycles. The molecule has 29 unspecified atom stereocenters. The van der Waals surface area contributed by atoms with Crippen LogP contribution in [-0.2, 0) is 0 Å². The molecule has 18 rings (SSSR count). The summed E-state index contributed by atoms with van der Waals surface area (Å²) < 4.78 is 0. The molecule has 10 saturated heterocycles. The molecule has 18 fully saturated rings. The average Bonchev–Trinajstić information content (AvgIpc) is 1.50. The van der Waals surface area contributed by atoms with E-state index < -0.39 is 0 Å². The number of aliphatic hydroxyl groups excluding tert-OH is 1. The molecule has 18 aliphatic rings. The second kappa shape index (κ2) is 27.5. The highest BCUT2D eigenvalue weighted by Gasteiger charge is 2.67. The molecule has 10 aliphatic heterocycles. The summed E-state index contributed by atoms with van der Waals surface area (Å²) in [7, 11) is 0. The summed E-state index contributed by atoms with van der Waals surface area (Å²) in [5.74, 6) is 12.5. The van der Waals surface area contributed by atoms with Crippen LogP contribution in [0.3, 0.4) is 0 Å². The van der Waals surface area contributed by atoms with E-state index in [4.69, 9.17) is 0 Å². The van der Waals surface area contributed by atoms with Crippen LogP contribution in [0, 0.1) is 146 Å². The molecule has 0 amide bonds. The highest BCUT2D eigenvalue weighted by Crippen LogP contribution is 2.64. The first-order valence-electron chi connectivity index (χ1n) is 42.8. The van der Waals surface area contributed by atoms with Gasteiger partial charge in [-0.25, -0.2) is 0 Å². The number of aliphatic hydroxyl groups is 1. The fraction of sp³-hybridized carbons (Fsp3) is 1.00. The third-order valence-corrected chi connectivity index (χ3v) is 32.6. The van der Waals surface area contributed by atoms with Crippen molar-refractivity contribution in [1.82, 2.24) is 85.1 Å². The van der Waals surface area contributed by atoms with Gasteiger partial charge in [-0.05, 0) is 236 Å². The molecule has 0 radical (unpaired) electrons. The third-order valence-electron chi connectivity index (χ3n) is 32.6. The topological polar surface area (TPSA) is 213 Å². The molecule has 0 aromatic rings. The smallest absolute Gasteiger partial charge is 0.0632 e. The van der Waals surface area contributed by atoms with Crippen molar-refractivity contribution in [1.29, 1.82) is 0 Å². The van der Waals surface area contributed by atoms with E-state index in [0.29, 0.717) is 139 Å². The van der Waals surface area contributed by atoms with Crippen molar-refractivity contribution in [2.45, 2.75) is 355 Å². The SMILES string of the molecule is C1CCC2C3NC(NC4NC(NC5NC(NC6NC(N3)C3CCCCC63)C3CCCCC53)C3CCCCC43)C2C1.CC(C)(C)C1CCCC2C3NC4NC(NC5NC(NC6NC(NC(N3)C21)C1C6C(CO)C(C(C)(C)C)C(C(C)(C)C)C1C(C)(C)C)C1CCCCC51)C1CCCCC41. The number of rotatable bonds is 1. The Hall–Kier alpha value is -0.680. The van der Waals surface area contributed by atoms with E-state index in [1.807, 2.05) is 0 Å². The van der Waals surface area contributed by atoms with E-state index in [1.54, 1.807) is 0 Å². The summed E-state index contributed by atoms with van der Waals surface area (Å²) in [6, 6.07) is 0. The summed E-state index contributed by atoms with van der Waals surface area (Å²) >= 11 is 0. The normalized spacial score (nSPS) is 53.8. The Morgan fingerprint density at radius 2 is 0.408 bits per heavy atom. The highest BCUT2D eigenvalue weighted by molar-refractivity contribution is 5.17. The summed E-state index contributed by atoms with van der Waals surface area (Å²) in [5.41, 5.74) is 0.481. The quantitative estimate of drug-likeness (QED) is 0.118. The molecule has 0 aromatic carbocycles. The van der Waals surface area contributed by atoms with E-state index in [9.17, 15) is 5.11 Å². The van der Waals surface area contributed by atoms with Gasteiger partial charge in [-0.2, -0.15) is 0 Å². The Morgan fingerprint density at radius 3 is 0.643 bits per heavy atom. The van der Waals surface area contributed by atoms with E-state index in [0.717, 1.165) is 47.3 Å². The maximum atomic E-state index is 11.9. The molecule has 0 aromatic heterocycles. The van der Waals surface area contributed by atoms with Crippen molar-refractivity contribution in [2.75, 3.05) is 6.61 Å². The molecule has 0 spiro atoms. The Kier molecular flexibility index (Phi) is 19.7. The minimum atomic E-state index is 0.0602. The zero-order valence-electron chi connectivity index (χ0n) is 63.6. The maximum Gasteiger partial charge on any atom is 0.0632 e. The lowest BCUT2D eigenvalue weighted by Crippen LogP contribution is -2.63. The molecule has 10 heterocycles. The van der Waals surface area contributed by atoms with Crippen LogP contribution in [0.2, 0.25) is 0 Å². The van der Waals surface area contributed by atoms with Crippen molar-refractivity contribution in [2.24, 2.45) is 146 Å². The molecule has 17 N–H and O–H groups in total. The molecular weight excluding hydrogens is 1210 g/mol. The molecule has 29 atom stereocenters. The molecule has 98 heavy (non-hydrogen) atoms. The second-order valence-corrected chi connectivity index (χ2v) is 41.8. The minimum Gasteiger partial charge on any atom is -0.396 e. The van der Waals surface area contributed by atoms with Gasteiger partial charge in [0.1, 0.15) is 0 Å². The lowest BCUT2D eigenvalue weighted by molar-refractivity contribution is -0.153. The molecule has 17 nitrogen and oxygen atoms in total. The minimum absolute atomic E-state index is 0.0602. The fourth-order valence-electron chi connectivity index (χ4n) is 29.0. The summed E-state index contributed by atoms with van der Waals surface area (Å²) in [5, 5.41) is 80.8. The summed E-state index contributed by atoms with van der Waals surface area (Å²) in [4.78, 5) is 0. The second-order valence-electron chi connectivity index (χ2n) is 41.8. The van der Waals surface area contributed by atoms with Crippen molar-refractivity contribution < 1.29 is 5.11 Å². The lowest BCUT2D eigenvalue weighted by Gasteiger charge is -2.62. The number of nitrogens with one attached hydrogen (secondary N) is 16. The molecule has 16 bridgehead atoms. The van der Waals surface area contributed by atoms with Crippen LogP contribution < -0.4 is 85.1 Å². The predicted molar refractivity (Wildman–Crippen MR) is 394 cm³/mol. The van der Waals surface area contributed by atoms with Crippen LogP contribution in [-0.4, -0.2) is 110 Å². The Bertz CT molecular complexity index is 2500. The first kappa shape index (κ1) is 70.3. The van der Waals surface area contributed by atoms with Crippen LogP contribution >= 0.6 is 0 Å². The maximum absolute atomic E-state index is 11.9. The van der Waals surface area contributed by atoms with Crippen LogP contribution in [0.1, 0.15) is 256 Å². The number of fused-ring (bicyclic) bond motifs is 40. The van der Waals surface area contributed by atoms with Gasteiger partial charge in [0.15, 0.2) is 0 Å². The summed E-state index contributed by atoms with van der Waals surface area (Å²) in [6.07, 6.45) is 42.1. The van der Waals surface area contributed by atoms with Crippen LogP contribution in [0.15, 0.2) is 0 Å². The Labute approximate surface area is 594 Å². The van der Waals surface area contributed by atoms with Crippen LogP contribution in [0.25, 0.3) is 0 Å². The largest absolute Gasteiger partial charge is 0.396 e. The monoisotopic (exact) mass is 1360 g/mol. The van der Waals surface area contributed by atoms with Gasteiger partial charge >= 0.3 is 0 Å². The van der Waals surface area contributed by atoms with Gasteiger partial charge < -0.3 is 5.11 Å². The lowest BCUT2D eigenvalue weighted by atomic mass is 9.43. The standard InChI is InChI=1S/C49H90N8O.C32H56N8/c1-46(2,3)31-23-17-22-29-32(31)43-55-42(29)53-40-26-19-14-13-18-25(26)38(51-40)50-39-27-20-15-16-21-28(27)41(52-39)54-44-33-30(24-58)35(47(4,5)6)37(49(10,11)12)36(48(7,8)9)34(33)45(56-43)57-44;1-2-10-18-17(9-1)25-33-26(18)38-28-21-13-5-6-14-22(21)30(35-28)40-32-24-16-8-7-15-23(24)31(36-32)39-29-20-12-4-3-11-19(20)27(34-29)37-25/h25-45,50-58H,13-24H2,1-12H3;17-40H,1-16H2. The fourth-order valence-corrected chi connectivity index (χ4v) is 29.0. The zero-order chi connectivity index (χ0) is 67.5. The van der Waals surface area contributed by atoms with Crippen molar-refractivity contribution in [3.8, 4) is 0 Å². The number of hydrogen-bond acceptors (Lipinski definition) is 17. The third kappa shape index (κ3) is 12.8. The van der Waals surface area contributed by atoms with Gasteiger partial charge in [0.25, 0.3) is 0 Å². The van der Waals surface area contributed by atoms with Gasteiger partial charge in [0.2, 0.25) is 0 Å². The number of hydrogen-bond donors (Lipinski definition) is 17. The van der Waals surface area contributed by atoms with Crippen molar-refractivity contribution in [3.05, 3.63) is 0 Å². The van der Waals surface area contributed by atoms with Gasteiger partial charge in [-0.15, -0.1) is 0 Å². The van der Waals surface area contributed by atoms with Gasteiger partial charge in [0, 0.05) is 6.61 Å². The van der Waals surface area contributed by atoms with Crippen molar-refractivity contribution in [3.63, 3.8) is 0 Å². The highest BCUT2D eigenvalue weighted by atomic mass is 16.3. The predicted octanol–water partition coefficient (Wildman–Crippen LogP) is 9.52. The van der Waals surface area contributed by atoms with E-state index in [-0.39, 0.29) is 65.0 Å². The van der Waals surface area contributed by atoms with Crippen molar-refractivity contribution >= 4 is 0 Å². The summed E-state index contributed by atoms with van der Waals surface area (Å²) in [6.45, 7) is 30.4. The van der Waals surface area contributed by atoms with E-state index in [1.165, 1.54) is 173 Å². The van der Waals surface area contributed by atoms with Gasteiger partial charge in [0.05, 0.1) is 98.7 Å². The van der Waals surface area contributed by atoms with E-state index >= 15 is 0 Å².